The number of aliphatic hydroxyl groups excluding tert-OH is 1. The molecule has 4 unspecified atom stereocenters. The first-order valence-corrected chi connectivity index (χ1v) is 6.97. The Balaban J connectivity index is 1.99. The van der Waals surface area contributed by atoms with Gasteiger partial charge in [0.15, 0.2) is 0 Å². The Morgan fingerprint density at radius 2 is 2.24 bits per heavy atom. The highest BCUT2D eigenvalue weighted by molar-refractivity contribution is 5.09. The van der Waals surface area contributed by atoms with Crippen molar-refractivity contribution >= 4 is 0 Å². The molecule has 4 atom stereocenters. The van der Waals surface area contributed by atoms with Crippen LogP contribution < -0.4 is 11.1 Å². The van der Waals surface area contributed by atoms with Crippen molar-refractivity contribution in [3.8, 4) is 0 Å². The predicted molar refractivity (Wildman–Crippen MR) is 69.9 cm³/mol. The van der Waals surface area contributed by atoms with Crippen molar-refractivity contribution in [1.82, 2.24) is 10.2 Å². The largest absolute Gasteiger partial charge is 0.393 e. The molecule has 0 radical (unpaired) electrons. The number of aliphatic hydroxyl groups is 1. The van der Waals surface area contributed by atoms with Crippen LogP contribution in [0.3, 0.4) is 0 Å². The molecule has 2 heterocycles. The van der Waals surface area contributed by atoms with Gasteiger partial charge in [0.1, 0.15) is 0 Å². The Labute approximate surface area is 105 Å². The predicted octanol–water partition coefficient (Wildman–Crippen LogP) is 0.301. The van der Waals surface area contributed by atoms with Crippen LogP contribution in [-0.2, 0) is 0 Å². The van der Waals surface area contributed by atoms with Crippen LogP contribution in [0.5, 0.6) is 0 Å². The van der Waals surface area contributed by atoms with Gasteiger partial charge in [0.2, 0.25) is 0 Å². The molecule has 0 spiro atoms. The average molecular weight is 241 g/mol. The fraction of sp³-hybridized carbons (Fsp3) is 1.00. The minimum atomic E-state index is -0.242. The molecular formula is C13H27N3O. The molecule has 2 fully saturated rings. The van der Waals surface area contributed by atoms with Gasteiger partial charge in [-0.05, 0) is 46.1 Å². The number of hydrogen-bond acceptors (Lipinski definition) is 4. The van der Waals surface area contributed by atoms with Gasteiger partial charge >= 0.3 is 0 Å². The molecule has 4 heteroatoms. The van der Waals surface area contributed by atoms with Gasteiger partial charge in [-0.25, -0.2) is 0 Å². The van der Waals surface area contributed by atoms with Gasteiger partial charge in [0.05, 0.1) is 6.10 Å². The van der Waals surface area contributed by atoms with E-state index >= 15 is 0 Å². The van der Waals surface area contributed by atoms with Crippen LogP contribution in [0.4, 0.5) is 0 Å². The van der Waals surface area contributed by atoms with Crippen molar-refractivity contribution in [2.45, 2.75) is 63.3 Å². The highest BCUT2D eigenvalue weighted by Gasteiger charge is 2.48. The molecule has 4 nitrogen and oxygen atoms in total. The van der Waals surface area contributed by atoms with Crippen molar-refractivity contribution in [1.29, 1.82) is 0 Å². The summed E-state index contributed by atoms with van der Waals surface area (Å²) in [6.07, 6.45) is 4.28. The normalized spacial score (nSPS) is 37.1. The quantitative estimate of drug-likeness (QED) is 0.648. The van der Waals surface area contributed by atoms with E-state index in [-0.39, 0.29) is 11.6 Å². The monoisotopic (exact) mass is 241 g/mol. The number of nitrogens with zero attached hydrogens (tertiary/aromatic N) is 1. The van der Waals surface area contributed by atoms with Gasteiger partial charge in [-0.15, -0.1) is 0 Å². The second kappa shape index (κ2) is 5.22. The van der Waals surface area contributed by atoms with Crippen LogP contribution in [0, 0.1) is 0 Å². The van der Waals surface area contributed by atoms with E-state index in [9.17, 15) is 5.11 Å². The second-order valence-corrected chi connectivity index (χ2v) is 5.93. The zero-order valence-corrected chi connectivity index (χ0v) is 11.2. The number of nitrogens with two attached hydrogens (primary N) is 1. The lowest BCUT2D eigenvalue weighted by atomic mass is 9.87. The van der Waals surface area contributed by atoms with Gasteiger partial charge < -0.3 is 16.2 Å². The van der Waals surface area contributed by atoms with Crippen LogP contribution in [0.1, 0.15) is 39.5 Å². The first kappa shape index (κ1) is 13.3. The standard InChI is InChI=1S/C13H27N3O/c1-10(8-11(2)17)15-13(9-14)5-7-16-6-3-4-12(13)16/h10-12,15,17H,3-9,14H2,1-2H3. The zero-order valence-electron chi connectivity index (χ0n) is 11.2. The average Bonchev–Trinajstić information content (AvgIpc) is 2.81. The number of fused-ring (bicyclic) bond motifs is 1. The summed E-state index contributed by atoms with van der Waals surface area (Å²) >= 11 is 0. The lowest BCUT2D eigenvalue weighted by molar-refractivity contribution is 0.149. The summed E-state index contributed by atoms with van der Waals surface area (Å²) < 4.78 is 0. The Kier molecular flexibility index (Phi) is 4.08. The smallest absolute Gasteiger partial charge is 0.0526 e. The maximum absolute atomic E-state index is 9.46. The van der Waals surface area contributed by atoms with Crippen LogP contribution in [0.25, 0.3) is 0 Å². The summed E-state index contributed by atoms with van der Waals surface area (Å²) in [5.74, 6) is 0. The maximum Gasteiger partial charge on any atom is 0.0526 e. The van der Waals surface area contributed by atoms with Gasteiger partial charge in [0, 0.05) is 30.7 Å². The van der Waals surface area contributed by atoms with E-state index in [1.807, 2.05) is 6.92 Å². The van der Waals surface area contributed by atoms with E-state index in [0.717, 1.165) is 12.8 Å². The van der Waals surface area contributed by atoms with Gasteiger partial charge in [-0.2, -0.15) is 0 Å². The van der Waals surface area contributed by atoms with Crippen molar-refractivity contribution in [2.75, 3.05) is 19.6 Å². The van der Waals surface area contributed by atoms with E-state index < -0.39 is 0 Å². The zero-order chi connectivity index (χ0) is 12.5. The molecule has 2 rings (SSSR count). The Morgan fingerprint density at radius 3 is 2.88 bits per heavy atom. The molecule has 2 aliphatic rings. The highest BCUT2D eigenvalue weighted by Crippen LogP contribution is 2.35. The van der Waals surface area contributed by atoms with Crippen LogP contribution >= 0.6 is 0 Å². The van der Waals surface area contributed by atoms with Gasteiger partial charge in [-0.1, -0.05) is 0 Å². The van der Waals surface area contributed by atoms with Crippen LogP contribution in [-0.4, -0.2) is 53.4 Å². The third-order valence-electron chi connectivity index (χ3n) is 4.44. The molecule has 100 valence electrons. The van der Waals surface area contributed by atoms with Crippen molar-refractivity contribution in [3.63, 3.8) is 0 Å². The van der Waals surface area contributed by atoms with E-state index in [1.54, 1.807) is 0 Å². The SMILES string of the molecule is CC(O)CC(C)NC1(CN)CCN2CCCC21. The Hall–Kier alpha value is -0.160. The Morgan fingerprint density at radius 1 is 1.47 bits per heavy atom. The highest BCUT2D eigenvalue weighted by atomic mass is 16.3. The van der Waals surface area contributed by atoms with E-state index in [0.29, 0.717) is 18.6 Å². The number of hydrogen-bond donors (Lipinski definition) is 3. The molecule has 0 aromatic carbocycles. The molecule has 4 N–H and O–H groups in total. The van der Waals surface area contributed by atoms with Gasteiger partial charge in [-0.3, -0.25) is 4.90 Å². The third kappa shape index (κ3) is 2.65. The molecule has 17 heavy (non-hydrogen) atoms. The number of rotatable bonds is 5. The summed E-state index contributed by atoms with van der Waals surface area (Å²) in [6.45, 7) is 7.12. The molecule has 0 saturated carbocycles. The molecule has 0 amide bonds. The second-order valence-electron chi connectivity index (χ2n) is 5.93. The van der Waals surface area contributed by atoms with Crippen LogP contribution in [0.2, 0.25) is 0 Å². The first-order chi connectivity index (χ1) is 8.07. The molecule has 0 aromatic rings. The summed E-state index contributed by atoms with van der Waals surface area (Å²) in [7, 11) is 0. The van der Waals surface area contributed by atoms with Crippen molar-refractivity contribution < 1.29 is 5.11 Å². The van der Waals surface area contributed by atoms with E-state index in [4.69, 9.17) is 5.73 Å². The van der Waals surface area contributed by atoms with Crippen LogP contribution in [0.15, 0.2) is 0 Å². The van der Waals surface area contributed by atoms with Crippen molar-refractivity contribution in [3.05, 3.63) is 0 Å². The summed E-state index contributed by atoms with van der Waals surface area (Å²) in [5, 5.41) is 13.2. The molecule has 0 aliphatic carbocycles. The molecule has 2 saturated heterocycles. The lowest BCUT2D eigenvalue weighted by Gasteiger charge is -2.38. The summed E-state index contributed by atoms with van der Waals surface area (Å²) in [6, 6.07) is 0.947. The minimum Gasteiger partial charge on any atom is -0.393 e. The summed E-state index contributed by atoms with van der Waals surface area (Å²) in [4.78, 5) is 2.58. The molecular weight excluding hydrogens is 214 g/mol. The summed E-state index contributed by atoms with van der Waals surface area (Å²) in [5.41, 5.74) is 6.14. The lowest BCUT2D eigenvalue weighted by Crippen LogP contribution is -2.60. The topological polar surface area (TPSA) is 61.5 Å². The number of nitrogens with one attached hydrogen (secondary N) is 1. The van der Waals surface area contributed by atoms with Gasteiger partial charge in [0.25, 0.3) is 0 Å². The fourth-order valence-electron chi connectivity index (χ4n) is 3.76. The first-order valence-electron chi connectivity index (χ1n) is 6.97. The maximum atomic E-state index is 9.46. The van der Waals surface area contributed by atoms with E-state index in [1.165, 1.54) is 25.9 Å². The fourth-order valence-corrected chi connectivity index (χ4v) is 3.76. The molecule has 0 bridgehead atoms. The van der Waals surface area contributed by atoms with E-state index in [2.05, 4.69) is 17.1 Å². The van der Waals surface area contributed by atoms with Crippen molar-refractivity contribution in [2.24, 2.45) is 5.73 Å². The Bertz CT molecular complexity index is 259. The molecule has 2 aliphatic heterocycles. The molecule has 0 aromatic heterocycles. The minimum absolute atomic E-state index is 0.0881. The third-order valence-corrected chi connectivity index (χ3v) is 4.44.